The lowest BCUT2D eigenvalue weighted by Crippen LogP contribution is -2.58. The van der Waals surface area contributed by atoms with Crippen LogP contribution >= 0.6 is 11.8 Å². The van der Waals surface area contributed by atoms with Crippen molar-refractivity contribution in [3.8, 4) is 0 Å². The summed E-state index contributed by atoms with van der Waals surface area (Å²) < 4.78 is 6.57. The molecule has 1 fully saturated rings. The number of β-lactam (4-membered cyclic amide) rings is 1. The maximum Gasteiger partial charge on any atom is 0.358 e. The average Bonchev–Trinajstić information content (AvgIpc) is 3.10. The third kappa shape index (κ3) is 2.07. The number of aromatic nitrogens is 2. The van der Waals surface area contributed by atoms with E-state index in [0.717, 1.165) is 0 Å². The standard InChI is InChI=1S/C13H13N3O4S/c1-2-6-20-13(19)9-12(15-5-3-4-14-15)21-11-8(7-17)10(18)16(9)11/h2-5,8,11,17H,1,6-7H2/t8-,11+/m0/s1. The van der Waals surface area contributed by atoms with E-state index in [4.69, 9.17) is 4.74 Å². The van der Waals surface area contributed by atoms with E-state index >= 15 is 0 Å². The number of fused-ring (bicyclic) bond motifs is 1. The summed E-state index contributed by atoms with van der Waals surface area (Å²) in [7, 11) is 0. The van der Waals surface area contributed by atoms with Gasteiger partial charge < -0.3 is 9.84 Å². The van der Waals surface area contributed by atoms with Crippen molar-refractivity contribution in [1.82, 2.24) is 14.7 Å². The fourth-order valence-electron chi connectivity index (χ4n) is 2.28. The SMILES string of the molecule is C=CCOC(=O)C1=C(n2cccn2)S[C@@H]2[C@@H](CO)C(=O)N12. The highest BCUT2D eigenvalue weighted by Gasteiger charge is 2.56. The van der Waals surface area contributed by atoms with E-state index in [9.17, 15) is 14.7 Å². The first-order valence-corrected chi connectivity index (χ1v) is 7.20. The van der Waals surface area contributed by atoms with Gasteiger partial charge in [0.25, 0.3) is 0 Å². The molecule has 0 aliphatic carbocycles. The largest absolute Gasteiger partial charge is 0.457 e. The number of carbonyl (C=O) groups is 2. The van der Waals surface area contributed by atoms with Crippen molar-refractivity contribution in [2.75, 3.05) is 13.2 Å². The fraction of sp³-hybridized carbons (Fsp3) is 0.308. The van der Waals surface area contributed by atoms with Crippen LogP contribution in [0.2, 0.25) is 0 Å². The van der Waals surface area contributed by atoms with Crippen LogP contribution in [-0.4, -0.2) is 50.3 Å². The molecule has 0 bridgehead atoms. The van der Waals surface area contributed by atoms with Crippen molar-refractivity contribution in [3.63, 3.8) is 0 Å². The van der Waals surface area contributed by atoms with Gasteiger partial charge in [-0.25, -0.2) is 9.48 Å². The third-order valence-electron chi connectivity index (χ3n) is 3.26. The molecule has 1 saturated heterocycles. The summed E-state index contributed by atoms with van der Waals surface area (Å²) in [5, 5.41) is 13.6. The van der Waals surface area contributed by atoms with Crippen LogP contribution in [0.5, 0.6) is 0 Å². The molecule has 1 aromatic heterocycles. The third-order valence-corrected chi connectivity index (χ3v) is 4.65. The number of thioether (sulfide) groups is 1. The summed E-state index contributed by atoms with van der Waals surface area (Å²) in [6, 6.07) is 1.72. The minimum Gasteiger partial charge on any atom is -0.457 e. The lowest BCUT2D eigenvalue weighted by Gasteiger charge is -2.41. The molecule has 0 unspecified atom stereocenters. The molecule has 0 spiro atoms. The zero-order valence-corrected chi connectivity index (χ0v) is 11.8. The Morgan fingerprint density at radius 3 is 3.05 bits per heavy atom. The second kappa shape index (κ2) is 5.38. The molecule has 2 atom stereocenters. The molecule has 110 valence electrons. The van der Waals surface area contributed by atoms with Crippen molar-refractivity contribution in [2.45, 2.75) is 5.37 Å². The molecule has 2 aliphatic heterocycles. The van der Waals surface area contributed by atoms with Gasteiger partial charge in [-0.1, -0.05) is 24.4 Å². The number of nitrogens with zero attached hydrogens (tertiary/aromatic N) is 3. The normalized spacial score (nSPS) is 23.9. The number of rotatable bonds is 5. The van der Waals surface area contributed by atoms with E-state index < -0.39 is 11.9 Å². The van der Waals surface area contributed by atoms with Gasteiger partial charge >= 0.3 is 5.97 Å². The highest BCUT2D eigenvalue weighted by Crippen LogP contribution is 2.50. The van der Waals surface area contributed by atoms with Crippen LogP contribution in [0.3, 0.4) is 0 Å². The van der Waals surface area contributed by atoms with Gasteiger partial charge in [-0.05, 0) is 6.07 Å². The van der Waals surface area contributed by atoms with Crippen LogP contribution in [-0.2, 0) is 14.3 Å². The van der Waals surface area contributed by atoms with E-state index in [1.807, 2.05) is 0 Å². The van der Waals surface area contributed by atoms with Crippen molar-refractivity contribution in [2.24, 2.45) is 5.92 Å². The van der Waals surface area contributed by atoms with E-state index in [1.54, 1.807) is 18.5 Å². The predicted molar refractivity (Wildman–Crippen MR) is 75.4 cm³/mol. The average molecular weight is 307 g/mol. The molecule has 1 amide bonds. The first-order valence-electron chi connectivity index (χ1n) is 6.32. The van der Waals surface area contributed by atoms with Crippen molar-refractivity contribution in [3.05, 3.63) is 36.8 Å². The van der Waals surface area contributed by atoms with Crippen LogP contribution in [0.15, 0.2) is 36.8 Å². The Hall–Kier alpha value is -2.06. The van der Waals surface area contributed by atoms with Crippen LogP contribution in [0.25, 0.3) is 5.03 Å². The van der Waals surface area contributed by atoms with Gasteiger partial charge in [0, 0.05) is 12.4 Å². The molecule has 7 nitrogen and oxygen atoms in total. The van der Waals surface area contributed by atoms with E-state index in [0.29, 0.717) is 5.03 Å². The minimum atomic E-state index is -0.597. The van der Waals surface area contributed by atoms with Crippen LogP contribution in [0.4, 0.5) is 0 Å². The van der Waals surface area contributed by atoms with Crippen molar-refractivity contribution >= 4 is 28.7 Å². The molecule has 0 saturated carbocycles. The summed E-state index contributed by atoms with van der Waals surface area (Å²) in [5.41, 5.74) is 0.172. The summed E-state index contributed by atoms with van der Waals surface area (Å²) in [6.07, 6.45) is 4.73. The molecule has 1 N–H and O–H groups in total. The van der Waals surface area contributed by atoms with Gasteiger partial charge in [0.05, 0.1) is 12.5 Å². The van der Waals surface area contributed by atoms with Gasteiger partial charge in [0.2, 0.25) is 5.91 Å². The first kappa shape index (κ1) is 13.9. The number of aliphatic hydroxyl groups excluding tert-OH is 1. The topological polar surface area (TPSA) is 84.7 Å². The Kier molecular flexibility index (Phi) is 3.56. The number of aliphatic hydroxyl groups is 1. The maximum absolute atomic E-state index is 12.2. The minimum absolute atomic E-state index is 0.0650. The van der Waals surface area contributed by atoms with Crippen LogP contribution in [0, 0.1) is 5.92 Å². The van der Waals surface area contributed by atoms with E-state index in [-0.39, 0.29) is 30.2 Å². The summed E-state index contributed by atoms with van der Waals surface area (Å²) in [4.78, 5) is 25.6. The molecule has 3 rings (SSSR count). The second-order valence-corrected chi connectivity index (χ2v) is 5.60. The van der Waals surface area contributed by atoms with E-state index in [2.05, 4.69) is 11.7 Å². The van der Waals surface area contributed by atoms with Gasteiger partial charge in [0.15, 0.2) is 5.70 Å². The summed E-state index contributed by atoms with van der Waals surface area (Å²) >= 11 is 1.32. The smallest absolute Gasteiger partial charge is 0.358 e. The zero-order chi connectivity index (χ0) is 15.0. The zero-order valence-electron chi connectivity index (χ0n) is 11.0. The Bertz CT molecular complexity index is 625. The quantitative estimate of drug-likeness (QED) is 0.477. The van der Waals surface area contributed by atoms with Gasteiger partial charge in [-0.2, -0.15) is 5.10 Å². The van der Waals surface area contributed by atoms with E-state index in [1.165, 1.54) is 27.4 Å². The Balaban J connectivity index is 1.96. The number of carbonyl (C=O) groups excluding carboxylic acids is 2. The van der Waals surface area contributed by atoms with Crippen LogP contribution < -0.4 is 0 Å². The molecule has 2 aliphatic rings. The highest BCUT2D eigenvalue weighted by atomic mass is 32.2. The van der Waals surface area contributed by atoms with Gasteiger partial charge in [0.1, 0.15) is 17.0 Å². The lowest BCUT2D eigenvalue weighted by molar-refractivity contribution is -0.154. The molecular formula is C13H13N3O4S. The Labute approximate surface area is 124 Å². The van der Waals surface area contributed by atoms with Crippen LogP contribution in [0.1, 0.15) is 0 Å². The number of ether oxygens (including phenoxy) is 1. The fourth-order valence-corrected chi connectivity index (χ4v) is 3.70. The number of esters is 1. The summed E-state index contributed by atoms with van der Waals surface area (Å²) in [6.45, 7) is 3.31. The van der Waals surface area contributed by atoms with Crippen molar-refractivity contribution < 1.29 is 19.4 Å². The second-order valence-electron chi connectivity index (χ2n) is 4.50. The molecule has 1 aromatic rings. The molecule has 0 radical (unpaired) electrons. The Morgan fingerprint density at radius 2 is 2.43 bits per heavy atom. The molecule has 3 heterocycles. The number of hydrogen-bond acceptors (Lipinski definition) is 6. The maximum atomic E-state index is 12.2. The predicted octanol–water partition coefficient (Wildman–Crippen LogP) is 0.262. The van der Waals surface area contributed by atoms with Gasteiger partial charge in [-0.3, -0.25) is 9.69 Å². The number of hydrogen-bond donors (Lipinski definition) is 1. The number of amides is 1. The lowest BCUT2D eigenvalue weighted by atomic mass is 9.98. The monoisotopic (exact) mass is 307 g/mol. The molecule has 8 heteroatoms. The summed E-state index contributed by atoms with van der Waals surface area (Å²) in [5.74, 6) is -1.37. The molecule has 21 heavy (non-hydrogen) atoms. The molecule has 0 aromatic carbocycles. The Morgan fingerprint density at radius 1 is 1.62 bits per heavy atom. The van der Waals surface area contributed by atoms with Gasteiger partial charge in [-0.15, -0.1) is 0 Å². The molecular weight excluding hydrogens is 294 g/mol. The van der Waals surface area contributed by atoms with Crippen molar-refractivity contribution in [1.29, 1.82) is 0 Å². The highest BCUT2D eigenvalue weighted by molar-refractivity contribution is 8.08. The first-order chi connectivity index (χ1) is 10.2.